The van der Waals surface area contributed by atoms with Crippen molar-refractivity contribution in [2.75, 3.05) is 5.32 Å². The number of benzene rings is 1. The Hall–Kier alpha value is -2.88. The molecule has 1 aromatic carbocycles. The quantitative estimate of drug-likeness (QED) is 0.664. The number of aromatic nitrogens is 2. The van der Waals surface area contributed by atoms with Gasteiger partial charge in [-0.05, 0) is 24.3 Å². The number of carbonyl (C=O) groups excluding carboxylic acids is 1. The first kappa shape index (κ1) is 14.1. The van der Waals surface area contributed by atoms with Crippen LogP contribution in [0.2, 0.25) is 0 Å². The van der Waals surface area contributed by atoms with Gasteiger partial charge in [-0.1, -0.05) is 32.0 Å². The fraction of sp³-hybridized carbons (Fsp3) is 0.111. The third-order valence-electron chi connectivity index (χ3n) is 3.49. The lowest BCUT2D eigenvalue weighted by Gasteiger charge is -1.97. The Kier molecular flexibility index (Phi) is 3.74. The van der Waals surface area contributed by atoms with Crippen molar-refractivity contribution in [3.05, 3.63) is 59.9 Å². The molecule has 0 radical (unpaired) electrons. The van der Waals surface area contributed by atoms with Crippen LogP contribution < -0.4 is 5.32 Å². The zero-order chi connectivity index (χ0) is 15.5. The van der Waals surface area contributed by atoms with Crippen LogP contribution >= 0.6 is 0 Å². The number of fused-ring (bicyclic) bond motifs is 2. The summed E-state index contributed by atoms with van der Waals surface area (Å²) in [5.41, 5.74) is 4.28. The maximum Gasteiger partial charge on any atom is 0.256 e. The van der Waals surface area contributed by atoms with Crippen molar-refractivity contribution in [1.82, 2.24) is 9.97 Å². The van der Waals surface area contributed by atoms with Crippen LogP contribution in [-0.4, -0.2) is 15.9 Å². The largest absolute Gasteiger partial charge is 0.346 e. The lowest BCUT2D eigenvalue weighted by Crippen LogP contribution is -2.03. The molecule has 4 nitrogen and oxygen atoms in total. The van der Waals surface area contributed by atoms with Crippen molar-refractivity contribution >= 4 is 34.3 Å². The third-order valence-corrected chi connectivity index (χ3v) is 3.49. The van der Waals surface area contributed by atoms with Gasteiger partial charge in [-0.2, -0.15) is 0 Å². The number of pyridine rings is 1. The summed E-state index contributed by atoms with van der Waals surface area (Å²) in [7, 11) is 0. The van der Waals surface area contributed by atoms with Gasteiger partial charge in [0.25, 0.3) is 5.91 Å². The third kappa shape index (κ3) is 2.29. The fourth-order valence-electron chi connectivity index (χ4n) is 2.53. The van der Waals surface area contributed by atoms with Gasteiger partial charge in [0, 0.05) is 40.2 Å². The van der Waals surface area contributed by atoms with Gasteiger partial charge < -0.3 is 10.3 Å². The van der Waals surface area contributed by atoms with Crippen molar-refractivity contribution in [1.29, 1.82) is 0 Å². The second-order valence-electron chi connectivity index (χ2n) is 4.70. The molecule has 0 atom stereocenters. The van der Waals surface area contributed by atoms with Gasteiger partial charge >= 0.3 is 0 Å². The molecule has 0 saturated heterocycles. The molecule has 0 unspecified atom stereocenters. The summed E-state index contributed by atoms with van der Waals surface area (Å²) >= 11 is 0. The van der Waals surface area contributed by atoms with E-state index in [4.69, 9.17) is 0 Å². The van der Waals surface area contributed by atoms with Gasteiger partial charge in [-0.3, -0.25) is 4.79 Å². The predicted molar refractivity (Wildman–Crippen MR) is 90.4 cm³/mol. The first-order valence-electron chi connectivity index (χ1n) is 7.37. The molecule has 110 valence electrons. The lowest BCUT2D eigenvalue weighted by atomic mass is 10.0. The van der Waals surface area contributed by atoms with E-state index in [-0.39, 0.29) is 5.91 Å². The molecule has 3 aromatic rings. The number of amides is 1. The Bertz CT molecular complexity index is 861. The Labute approximate surface area is 128 Å². The molecular formula is C18H17N3O. The van der Waals surface area contributed by atoms with Crippen molar-refractivity contribution in [2.45, 2.75) is 13.8 Å². The van der Waals surface area contributed by atoms with Crippen molar-refractivity contribution in [2.24, 2.45) is 0 Å². The Morgan fingerprint density at radius 1 is 1.09 bits per heavy atom. The number of H-pyrrole nitrogens is 1. The van der Waals surface area contributed by atoms with Crippen LogP contribution in [0.5, 0.6) is 0 Å². The molecule has 1 aliphatic heterocycles. The van der Waals surface area contributed by atoms with Gasteiger partial charge in [0.2, 0.25) is 0 Å². The highest BCUT2D eigenvalue weighted by atomic mass is 16.2. The molecule has 1 amide bonds. The van der Waals surface area contributed by atoms with Gasteiger partial charge in [0.05, 0.1) is 0 Å². The summed E-state index contributed by atoms with van der Waals surface area (Å²) in [6.45, 7) is 4.00. The molecule has 0 fully saturated rings. The minimum absolute atomic E-state index is 0.0653. The first-order valence-corrected chi connectivity index (χ1v) is 7.37. The van der Waals surface area contributed by atoms with E-state index in [1.165, 1.54) is 0 Å². The Morgan fingerprint density at radius 2 is 1.91 bits per heavy atom. The molecule has 4 rings (SSSR count). The smallest absolute Gasteiger partial charge is 0.256 e. The average molecular weight is 291 g/mol. The number of hydrogen-bond donors (Lipinski definition) is 2. The molecule has 2 N–H and O–H groups in total. The van der Waals surface area contributed by atoms with Gasteiger partial charge in [-0.25, -0.2) is 4.98 Å². The number of carbonyl (C=O) groups is 1. The lowest BCUT2D eigenvalue weighted by molar-refractivity contribution is -0.110. The minimum atomic E-state index is -0.0653. The normalized spacial score (nSPS) is 14.5. The average Bonchev–Trinajstić information content (AvgIpc) is 3.12. The second kappa shape index (κ2) is 5.85. The highest BCUT2D eigenvalue weighted by Crippen LogP contribution is 2.33. The van der Waals surface area contributed by atoms with E-state index >= 15 is 0 Å². The number of anilines is 1. The summed E-state index contributed by atoms with van der Waals surface area (Å²) in [5, 5.41) is 3.89. The van der Waals surface area contributed by atoms with E-state index in [0.717, 1.165) is 27.8 Å². The SMILES string of the molecule is CC.O=C1Nc2ccccc2/C1=C/c1c[nH]c2ncccc12. The zero-order valence-electron chi connectivity index (χ0n) is 12.6. The fourth-order valence-corrected chi connectivity index (χ4v) is 2.53. The molecule has 22 heavy (non-hydrogen) atoms. The van der Waals surface area contributed by atoms with E-state index in [0.29, 0.717) is 5.57 Å². The predicted octanol–water partition coefficient (Wildman–Crippen LogP) is 4.08. The van der Waals surface area contributed by atoms with Crippen molar-refractivity contribution < 1.29 is 4.79 Å². The molecule has 3 heterocycles. The topological polar surface area (TPSA) is 57.8 Å². The molecule has 0 spiro atoms. The zero-order valence-corrected chi connectivity index (χ0v) is 12.6. The summed E-state index contributed by atoms with van der Waals surface area (Å²) in [4.78, 5) is 19.5. The highest BCUT2D eigenvalue weighted by Gasteiger charge is 2.23. The van der Waals surface area contributed by atoms with Crippen molar-refractivity contribution in [3.63, 3.8) is 0 Å². The molecule has 2 aromatic heterocycles. The van der Waals surface area contributed by atoms with Crippen LogP contribution in [0.15, 0.2) is 48.8 Å². The molecule has 1 aliphatic rings. The van der Waals surface area contributed by atoms with Crippen LogP contribution in [0, 0.1) is 0 Å². The van der Waals surface area contributed by atoms with E-state index in [9.17, 15) is 4.79 Å². The van der Waals surface area contributed by atoms with Crippen LogP contribution in [0.3, 0.4) is 0 Å². The van der Waals surface area contributed by atoms with Crippen molar-refractivity contribution in [3.8, 4) is 0 Å². The van der Waals surface area contributed by atoms with E-state index in [1.807, 2.05) is 62.5 Å². The summed E-state index contributed by atoms with van der Waals surface area (Å²) < 4.78 is 0. The van der Waals surface area contributed by atoms with Crippen LogP contribution in [-0.2, 0) is 4.79 Å². The van der Waals surface area contributed by atoms with Crippen LogP contribution in [0.25, 0.3) is 22.7 Å². The van der Waals surface area contributed by atoms with Crippen LogP contribution in [0.4, 0.5) is 5.69 Å². The molecular weight excluding hydrogens is 274 g/mol. The number of hydrogen-bond acceptors (Lipinski definition) is 2. The van der Waals surface area contributed by atoms with E-state index < -0.39 is 0 Å². The summed E-state index contributed by atoms with van der Waals surface area (Å²) in [6.07, 6.45) is 5.52. The minimum Gasteiger partial charge on any atom is -0.346 e. The first-order chi connectivity index (χ1) is 10.8. The standard InChI is InChI=1S/C16H11N3O.C2H6/c20-16-13(12-4-1-2-6-14(12)19-16)8-10-9-18-15-11(10)5-3-7-17-15;1-2/h1-9H,(H,17,18)(H,19,20);1-2H3/b13-8-;. The number of nitrogens with zero attached hydrogens (tertiary/aromatic N) is 1. The second-order valence-corrected chi connectivity index (χ2v) is 4.70. The van der Waals surface area contributed by atoms with E-state index in [1.54, 1.807) is 6.20 Å². The number of rotatable bonds is 1. The summed E-state index contributed by atoms with van der Waals surface area (Å²) in [6, 6.07) is 11.6. The highest BCUT2D eigenvalue weighted by molar-refractivity contribution is 6.35. The number of aromatic amines is 1. The van der Waals surface area contributed by atoms with Gasteiger partial charge in [0.1, 0.15) is 5.65 Å². The van der Waals surface area contributed by atoms with Gasteiger partial charge in [-0.15, -0.1) is 0 Å². The van der Waals surface area contributed by atoms with Gasteiger partial charge in [0.15, 0.2) is 0 Å². The van der Waals surface area contributed by atoms with Crippen LogP contribution in [0.1, 0.15) is 25.0 Å². The number of para-hydroxylation sites is 1. The molecule has 4 heteroatoms. The van der Waals surface area contributed by atoms with E-state index in [2.05, 4.69) is 15.3 Å². The monoisotopic (exact) mass is 291 g/mol. The Morgan fingerprint density at radius 3 is 2.77 bits per heavy atom. The number of nitrogens with one attached hydrogen (secondary N) is 2. The maximum atomic E-state index is 12.1. The maximum absolute atomic E-state index is 12.1. The molecule has 0 aliphatic carbocycles. The molecule has 0 saturated carbocycles. The summed E-state index contributed by atoms with van der Waals surface area (Å²) in [5.74, 6) is -0.0653. The molecule has 0 bridgehead atoms. The Balaban J connectivity index is 0.000000693.